The summed E-state index contributed by atoms with van der Waals surface area (Å²) in [5.74, 6) is -0.155. The van der Waals surface area contributed by atoms with Crippen molar-refractivity contribution in [3.8, 4) is 0 Å². The number of anilines is 1. The van der Waals surface area contributed by atoms with Crippen LogP contribution in [0.15, 0.2) is 51.2 Å². The normalized spacial score (nSPS) is 14.5. The van der Waals surface area contributed by atoms with Crippen LogP contribution in [0.25, 0.3) is 0 Å². The van der Waals surface area contributed by atoms with Gasteiger partial charge in [-0.1, -0.05) is 36.0 Å². The first-order valence-electron chi connectivity index (χ1n) is 8.74. The third kappa shape index (κ3) is 3.06. The smallest absolute Gasteiger partial charge is 0.275 e. The Morgan fingerprint density at radius 3 is 2.48 bits per heavy atom. The molecule has 2 N–H and O–H groups in total. The van der Waals surface area contributed by atoms with Crippen molar-refractivity contribution in [3.05, 3.63) is 64.5 Å². The van der Waals surface area contributed by atoms with E-state index in [1.165, 1.54) is 0 Å². The topological polar surface area (TPSA) is 70.1 Å². The van der Waals surface area contributed by atoms with E-state index in [0.717, 1.165) is 49.2 Å². The van der Waals surface area contributed by atoms with Crippen molar-refractivity contribution in [2.24, 2.45) is 4.99 Å². The molecule has 0 saturated carbocycles. The highest BCUT2D eigenvalue weighted by molar-refractivity contribution is 7.99. The summed E-state index contributed by atoms with van der Waals surface area (Å²) in [7, 11) is 0. The number of aliphatic imine (C=N–C) groups is 1. The van der Waals surface area contributed by atoms with Gasteiger partial charge in [-0.3, -0.25) is 9.89 Å². The Balaban J connectivity index is 1.81. The number of hydrogen-bond donors (Lipinski definition) is 2. The summed E-state index contributed by atoms with van der Waals surface area (Å²) >= 11 is 1.61. The molecule has 5 nitrogen and oxygen atoms in total. The highest BCUT2D eigenvalue weighted by Crippen LogP contribution is 2.39. The molecule has 4 rings (SSSR count). The first kappa shape index (κ1) is 17.5. The number of nitrogens with one attached hydrogen (secondary N) is 2. The van der Waals surface area contributed by atoms with Crippen LogP contribution in [0, 0.1) is 27.7 Å². The number of amides is 1. The number of carbonyl (C=O) groups excluding carboxylic acids is 1. The second-order valence-corrected chi connectivity index (χ2v) is 7.75. The zero-order chi connectivity index (χ0) is 19.1. The minimum Gasteiger partial charge on any atom is -0.320 e. The molecule has 1 aliphatic rings. The SMILES string of the molecule is Cc1ccc(C)c2c1NC(=O)C2=Nc1ccccc1Sc1c(C)n[nH]c1C. The highest BCUT2D eigenvalue weighted by atomic mass is 32.2. The fourth-order valence-electron chi connectivity index (χ4n) is 3.23. The average molecular weight is 376 g/mol. The van der Waals surface area contributed by atoms with E-state index in [1.54, 1.807) is 11.8 Å². The largest absolute Gasteiger partial charge is 0.320 e. The molecular formula is C21H20N4OS. The Morgan fingerprint density at radius 1 is 1.00 bits per heavy atom. The molecule has 0 atom stereocenters. The average Bonchev–Trinajstić information content (AvgIpc) is 3.15. The summed E-state index contributed by atoms with van der Waals surface area (Å²) in [5, 5.41) is 10.2. The molecule has 0 spiro atoms. The molecule has 0 unspecified atom stereocenters. The maximum Gasteiger partial charge on any atom is 0.275 e. The molecule has 1 aliphatic heterocycles. The van der Waals surface area contributed by atoms with Gasteiger partial charge in [0.25, 0.3) is 5.91 Å². The summed E-state index contributed by atoms with van der Waals surface area (Å²) in [6.07, 6.45) is 0. The van der Waals surface area contributed by atoms with Gasteiger partial charge in [-0.15, -0.1) is 0 Å². The fraction of sp³-hybridized carbons (Fsp3) is 0.190. The molecule has 0 bridgehead atoms. The van der Waals surface area contributed by atoms with Gasteiger partial charge in [-0.05, 0) is 51.0 Å². The number of benzene rings is 2. The highest BCUT2D eigenvalue weighted by Gasteiger charge is 2.29. The second kappa shape index (κ2) is 6.70. The predicted octanol–water partition coefficient (Wildman–Crippen LogP) is 4.87. The predicted molar refractivity (Wildman–Crippen MR) is 109 cm³/mol. The Kier molecular flexibility index (Phi) is 4.36. The number of carbonyl (C=O) groups is 1. The molecule has 1 aromatic heterocycles. The van der Waals surface area contributed by atoms with Gasteiger partial charge in [0.15, 0.2) is 0 Å². The third-order valence-corrected chi connectivity index (χ3v) is 6.05. The van der Waals surface area contributed by atoms with Gasteiger partial charge < -0.3 is 5.32 Å². The van der Waals surface area contributed by atoms with Gasteiger partial charge in [-0.25, -0.2) is 4.99 Å². The molecule has 6 heteroatoms. The molecule has 2 heterocycles. The standard InChI is InChI=1S/C21H20N4OS/c1-11-9-10-12(2)18-17(11)19(21(26)23-18)22-15-7-5-6-8-16(15)27-20-13(3)24-25-14(20)4/h5-10H,1-4H3,(H,24,25)(H,22,23,26). The van der Waals surface area contributed by atoms with E-state index in [2.05, 4.69) is 15.5 Å². The zero-order valence-corrected chi connectivity index (χ0v) is 16.5. The lowest BCUT2D eigenvalue weighted by atomic mass is 10.0. The number of para-hydroxylation sites is 1. The van der Waals surface area contributed by atoms with Crippen LogP contribution >= 0.6 is 11.8 Å². The molecule has 0 saturated heterocycles. The van der Waals surface area contributed by atoms with E-state index in [1.807, 2.05) is 64.1 Å². The molecule has 136 valence electrons. The molecule has 1 amide bonds. The van der Waals surface area contributed by atoms with Gasteiger partial charge in [0.05, 0.1) is 22.0 Å². The third-order valence-electron chi connectivity index (χ3n) is 4.68. The van der Waals surface area contributed by atoms with Crippen LogP contribution < -0.4 is 5.32 Å². The maximum absolute atomic E-state index is 12.6. The lowest BCUT2D eigenvalue weighted by Crippen LogP contribution is -2.14. The number of aromatic nitrogens is 2. The van der Waals surface area contributed by atoms with E-state index >= 15 is 0 Å². The van der Waals surface area contributed by atoms with E-state index in [9.17, 15) is 4.79 Å². The first-order valence-corrected chi connectivity index (χ1v) is 9.56. The first-order chi connectivity index (χ1) is 13.0. The van der Waals surface area contributed by atoms with Crippen molar-refractivity contribution in [2.45, 2.75) is 37.5 Å². The zero-order valence-electron chi connectivity index (χ0n) is 15.7. The minimum absolute atomic E-state index is 0.155. The summed E-state index contributed by atoms with van der Waals surface area (Å²) < 4.78 is 0. The molecule has 27 heavy (non-hydrogen) atoms. The van der Waals surface area contributed by atoms with E-state index in [4.69, 9.17) is 4.99 Å². The quantitative estimate of drug-likeness (QED) is 0.685. The Labute approximate surface area is 162 Å². The number of fused-ring (bicyclic) bond motifs is 1. The fourth-order valence-corrected chi connectivity index (χ4v) is 4.20. The van der Waals surface area contributed by atoms with Crippen molar-refractivity contribution in [1.82, 2.24) is 10.2 Å². The Bertz CT molecular complexity index is 1080. The van der Waals surface area contributed by atoms with Crippen LogP contribution in [-0.2, 0) is 4.79 Å². The number of aryl methyl sites for hydroxylation is 4. The maximum atomic E-state index is 12.6. The lowest BCUT2D eigenvalue weighted by molar-refractivity contribution is -0.110. The van der Waals surface area contributed by atoms with Crippen molar-refractivity contribution in [1.29, 1.82) is 0 Å². The van der Waals surface area contributed by atoms with Crippen molar-refractivity contribution >= 4 is 34.8 Å². The minimum atomic E-state index is -0.155. The van der Waals surface area contributed by atoms with E-state index in [-0.39, 0.29) is 5.91 Å². The van der Waals surface area contributed by atoms with Crippen LogP contribution in [0.1, 0.15) is 28.1 Å². The van der Waals surface area contributed by atoms with Crippen LogP contribution in [0.4, 0.5) is 11.4 Å². The van der Waals surface area contributed by atoms with Crippen molar-refractivity contribution in [3.63, 3.8) is 0 Å². The monoisotopic (exact) mass is 376 g/mol. The molecule has 0 aliphatic carbocycles. The second-order valence-electron chi connectivity index (χ2n) is 6.70. The van der Waals surface area contributed by atoms with Crippen LogP contribution in [-0.4, -0.2) is 21.8 Å². The van der Waals surface area contributed by atoms with Crippen LogP contribution in [0.2, 0.25) is 0 Å². The molecule has 0 fully saturated rings. The summed E-state index contributed by atoms with van der Waals surface area (Å²) in [6.45, 7) is 7.99. The molecule has 0 radical (unpaired) electrons. The Hall–Kier alpha value is -2.86. The van der Waals surface area contributed by atoms with Gasteiger partial charge in [-0.2, -0.15) is 5.10 Å². The summed E-state index contributed by atoms with van der Waals surface area (Å²) in [4.78, 5) is 19.5. The van der Waals surface area contributed by atoms with Gasteiger partial charge in [0.2, 0.25) is 0 Å². The number of aromatic amines is 1. The number of hydrogen-bond acceptors (Lipinski definition) is 4. The van der Waals surface area contributed by atoms with E-state index in [0.29, 0.717) is 5.71 Å². The van der Waals surface area contributed by atoms with Crippen molar-refractivity contribution < 1.29 is 4.79 Å². The van der Waals surface area contributed by atoms with Gasteiger partial charge in [0, 0.05) is 16.2 Å². The van der Waals surface area contributed by atoms with Gasteiger partial charge >= 0.3 is 0 Å². The molecule has 2 aromatic carbocycles. The molecule has 3 aromatic rings. The van der Waals surface area contributed by atoms with Gasteiger partial charge in [0.1, 0.15) is 5.71 Å². The number of nitrogens with zero attached hydrogens (tertiary/aromatic N) is 2. The van der Waals surface area contributed by atoms with E-state index < -0.39 is 0 Å². The van der Waals surface area contributed by atoms with Crippen LogP contribution in [0.3, 0.4) is 0 Å². The Morgan fingerprint density at radius 2 is 1.74 bits per heavy atom. The summed E-state index contributed by atoms with van der Waals surface area (Å²) in [6, 6.07) is 11.9. The van der Waals surface area contributed by atoms with Crippen molar-refractivity contribution in [2.75, 3.05) is 5.32 Å². The lowest BCUT2D eigenvalue weighted by Gasteiger charge is -2.08. The summed E-state index contributed by atoms with van der Waals surface area (Å²) in [5.41, 5.74) is 7.08. The number of rotatable bonds is 3. The molecular weight excluding hydrogens is 356 g/mol. The van der Waals surface area contributed by atoms with Crippen LogP contribution in [0.5, 0.6) is 0 Å². The number of H-pyrrole nitrogens is 1.